The van der Waals surface area contributed by atoms with Crippen molar-refractivity contribution in [3.63, 3.8) is 0 Å². The molecule has 0 aromatic rings. The third-order valence-electron chi connectivity index (χ3n) is 1.46. The number of rotatable bonds is 2. The Bertz CT molecular complexity index is 62.1. The van der Waals surface area contributed by atoms with Crippen molar-refractivity contribution in [3.05, 3.63) is 0 Å². The van der Waals surface area contributed by atoms with Crippen LogP contribution in [-0.2, 0) is 4.74 Å². The van der Waals surface area contributed by atoms with Crippen molar-refractivity contribution < 1.29 is 28.7 Å². The van der Waals surface area contributed by atoms with Gasteiger partial charge in [0.15, 0.2) is 0 Å². The van der Waals surface area contributed by atoms with Gasteiger partial charge in [-0.05, 0) is 19.3 Å². The molecule has 0 amide bonds. The predicted molar refractivity (Wildman–Crippen MR) is 28.5 cm³/mol. The van der Waals surface area contributed by atoms with E-state index in [0.29, 0.717) is 12.5 Å². The van der Waals surface area contributed by atoms with E-state index >= 15 is 0 Å². The van der Waals surface area contributed by atoms with E-state index in [0.717, 1.165) is 19.4 Å². The zero-order chi connectivity index (χ0) is 5.82. The molecule has 0 radical (unpaired) electrons. The van der Waals surface area contributed by atoms with Crippen molar-refractivity contribution in [3.8, 4) is 0 Å². The van der Waals surface area contributed by atoms with Gasteiger partial charge in [-0.3, -0.25) is 0 Å². The minimum atomic E-state index is 0. The van der Waals surface area contributed by atoms with E-state index in [1.54, 1.807) is 0 Å². The Balaban J connectivity index is 0.000000640. The molecule has 1 atom stereocenters. The van der Waals surface area contributed by atoms with Crippen molar-refractivity contribution in [2.75, 3.05) is 13.2 Å². The Hall–Kier alpha value is 0.517. The standard InChI is InChI=1S/C6H11O2.Li/c7-4-3-6-2-1-5-8-6;/h6H,1-5H2;/q-1;+1. The first kappa shape index (κ1) is 9.52. The molecular formula is C6H11LiO2. The summed E-state index contributed by atoms with van der Waals surface area (Å²) >= 11 is 0. The van der Waals surface area contributed by atoms with Crippen molar-refractivity contribution in [1.82, 2.24) is 0 Å². The van der Waals surface area contributed by atoms with E-state index in [-0.39, 0.29) is 25.5 Å². The SMILES string of the molecule is [Li+].[O-]CCC1CCCO1. The van der Waals surface area contributed by atoms with Gasteiger partial charge < -0.3 is 9.84 Å². The molecule has 1 rings (SSSR count). The van der Waals surface area contributed by atoms with Crippen LogP contribution in [0.2, 0.25) is 0 Å². The third-order valence-corrected chi connectivity index (χ3v) is 1.46. The van der Waals surface area contributed by atoms with Gasteiger partial charge in [0.05, 0.1) is 6.10 Å². The van der Waals surface area contributed by atoms with Crippen molar-refractivity contribution in [2.24, 2.45) is 0 Å². The molecule has 1 fully saturated rings. The average Bonchev–Trinajstić information content (AvgIpc) is 2.19. The summed E-state index contributed by atoms with van der Waals surface area (Å²) in [7, 11) is 0. The predicted octanol–water partition coefficient (Wildman–Crippen LogP) is -3.08. The summed E-state index contributed by atoms with van der Waals surface area (Å²) in [6.07, 6.45) is 3.25. The molecule has 0 bridgehead atoms. The van der Waals surface area contributed by atoms with Gasteiger partial charge in [0.1, 0.15) is 0 Å². The van der Waals surface area contributed by atoms with Gasteiger partial charge in [-0.2, -0.15) is 0 Å². The van der Waals surface area contributed by atoms with Crippen molar-refractivity contribution in [2.45, 2.75) is 25.4 Å². The van der Waals surface area contributed by atoms with Crippen LogP contribution in [0.1, 0.15) is 19.3 Å². The van der Waals surface area contributed by atoms with Crippen LogP contribution in [0.4, 0.5) is 0 Å². The van der Waals surface area contributed by atoms with E-state index in [9.17, 15) is 5.11 Å². The van der Waals surface area contributed by atoms with Crippen LogP contribution in [-0.4, -0.2) is 19.3 Å². The summed E-state index contributed by atoms with van der Waals surface area (Å²) in [5.41, 5.74) is 0. The number of hydrogen-bond donors (Lipinski definition) is 0. The molecule has 9 heavy (non-hydrogen) atoms. The minimum absolute atomic E-state index is 0. The first-order chi connectivity index (χ1) is 3.93. The zero-order valence-electron chi connectivity index (χ0n) is 5.93. The molecule has 3 heteroatoms. The smallest absolute Gasteiger partial charge is 0.854 e. The maximum absolute atomic E-state index is 10.0. The van der Waals surface area contributed by atoms with Crippen molar-refractivity contribution in [1.29, 1.82) is 0 Å². The molecule has 1 saturated heterocycles. The Morgan fingerprint density at radius 2 is 2.33 bits per heavy atom. The topological polar surface area (TPSA) is 32.3 Å². The Morgan fingerprint density at radius 1 is 1.56 bits per heavy atom. The van der Waals surface area contributed by atoms with E-state index in [2.05, 4.69) is 0 Å². The molecule has 0 saturated carbocycles. The number of hydrogen-bond acceptors (Lipinski definition) is 2. The van der Waals surface area contributed by atoms with Gasteiger partial charge >= 0.3 is 18.9 Å². The van der Waals surface area contributed by atoms with Gasteiger partial charge in [-0.1, -0.05) is 0 Å². The van der Waals surface area contributed by atoms with Crippen molar-refractivity contribution >= 4 is 0 Å². The molecule has 0 aromatic carbocycles. The van der Waals surface area contributed by atoms with Crippen LogP contribution in [0.5, 0.6) is 0 Å². The van der Waals surface area contributed by atoms with E-state index < -0.39 is 0 Å². The molecule has 1 heterocycles. The summed E-state index contributed by atoms with van der Waals surface area (Å²) in [6, 6.07) is 0. The summed E-state index contributed by atoms with van der Waals surface area (Å²) in [4.78, 5) is 0. The molecule has 1 aliphatic heterocycles. The Kier molecular flexibility index (Phi) is 5.62. The Morgan fingerprint density at radius 3 is 2.78 bits per heavy atom. The van der Waals surface area contributed by atoms with Crippen LogP contribution in [0, 0.1) is 0 Å². The normalized spacial score (nSPS) is 25.7. The summed E-state index contributed by atoms with van der Waals surface area (Å²) < 4.78 is 5.19. The van der Waals surface area contributed by atoms with E-state index in [1.807, 2.05) is 0 Å². The second kappa shape index (κ2) is 5.31. The van der Waals surface area contributed by atoms with Gasteiger partial charge in [-0.15, -0.1) is 6.61 Å². The molecule has 1 aliphatic rings. The van der Waals surface area contributed by atoms with Gasteiger partial charge in [0, 0.05) is 6.61 Å². The molecule has 1 unspecified atom stereocenters. The first-order valence-corrected chi connectivity index (χ1v) is 3.13. The van der Waals surface area contributed by atoms with Crippen LogP contribution in [0.15, 0.2) is 0 Å². The fourth-order valence-corrected chi connectivity index (χ4v) is 1.00. The number of ether oxygens (including phenoxy) is 1. The van der Waals surface area contributed by atoms with Gasteiger partial charge in [0.2, 0.25) is 0 Å². The van der Waals surface area contributed by atoms with Crippen LogP contribution >= 0.6 is 0 Å². The minimum Gasteiger partial charge on any atom is -0.854 e. The van der Waals surface area contributed by atoms with E-state index in [4.69, 9.17) is 4.74 Å². The largest absolute Gasteiger partial charge is 1.00 e. The fourth-order valence-electron chi connectivity index (χ4n) is 1.00. The summed E-state index contributed by atoms with van der Waals surface area (Å²) in [5, 5.41) is 10.0. The monoisotopic (exact) mass is 122 g/mol. The fraction of sp³-hybridized carbons (Fsp3) is 1.00. The van der Waals surface area contributed by atoms with Crippen LogP contribution in [0.3, 0.4) is 0 Å². The molecular weight excluding hydrogens is 111 g/mol. The van der Waals surface area contributed by atoms with E-state index in [1.165, 1.54) is 0 Å². The maximum Gasteiger partial charge on any atom is 1.00 e. The molecule has 2 nitrogen and oxygen atoms in total. The first-order valence-electron chi connectivity index (χ1n) is 3.13. The van der Waals surface area contributed by atoms with Crippen LogP contribution in [0.25, 0.3) is 0 Å². The Labute approximate surface area is 67.8 Å². The summed E-state index contributed by atoms with van der Waals surface area (Å²) in [6.45, 7) is 0.884. The second-order valence-electron chi connectivity index (χ2n) is 2.13. The molecule has 0 aliphatic carbocycles. The maximum atomic E-state index is 10.0. The van der Waals surface area contributed by atoms with Gasteiger partial charge in [-0.25, -0.2) is 0 Å². The third kappa shape index (κ3) is 3.27. The molecule has 0 spiro atoms. The quantitative estimate of drug-likeness (QED) is 0.364. The second-order valence-corrected chi connectivity index (χ2v) is 2.13. The molecule has 0 aromatic heterocycles. The van der Waals surface area contributed by atoms with Crippen LogP contribution < -0.4 is 24.0 Å². The van der Waals surface area contributed by atoms with Gasteiger partial charge in [0.25, 0.3) is 0 Å². The molecule has 48 valence electrons. The molecule has 0 N–H and O–H groups in total. The average molecular weight is 122 g/mol. The zero-order valence-corrected chi connectivity index (χ0v) is 5.93. The summed E-state index contributed by atoms with van der Waals surface area (Å²) in [5.74, 6) is 0.